The number of methoxy groups -OCH3 is 5. The molecule has 0 fully saturated rings. The van der Waals surface area contributed by atoms with Crippen LogP contribution in [0.2, 0.25) is 5.02 Å². The maximum atomic E-state index is 12.7. The molecule has 11 heteroatoms. The van der Waals surface area contributed by atoms with E-state index in [4.69, 9.17) is 35.3 Å². The quantitative estimate of drug-likeness (QED) is 0.214. The van der Waals surface area contributed by atoms with Crippen molar-refractivity contribution in [2.75, 3.05) is 54.0 Å². The van der Waals surface area contributed by atoms with E-state index in [9.17, 15) is 4.79 Å². The zero-order valence-electron chi connectivity index (χ0n) is 24.1. The fraction of sp³-hybridized carbons (Fsp3) is 0.258. The number of carbonyl (C=O) groups is 1. The second-order valence-electron chi connectivity index (χ2n) is 9.03. The molecular weight excluding hydrogens is 560 g/mol. The molecule has 220 valence electrons. The predicted octanol–water partition coefficient (Wildman–Crippen LogP) is 5.28. The SMILES string of the molecule is COc1ccc(CCNC(=O)CNc2nc(-c3ccc(Cl)cc3)cc(-c3cc(OC)c(OC)c(OC)c3)n2)cc1OC. The maximum absolute atomic E-state index is 12.7. The molecule has 0 aliphatic rings. The van der Waals surface area contributed by atoms with E-state index < -0.39 is 0 Å². The number of carbonyl (C=O) groups excluding carboxylic acids is 1. The molecule has 0 aliphatic carbocycles. The summed E-state index contributed by atoms with van der Waals surface area (Å²) in [6.07, 6.45) is 0.625. The van der Waals surface area contributed by atoms with Crippen LogP contribution in [0.1, 0.15) is 5.56 Å². The fourth-order valence-corrected chi connectivity index (χ4v) is 4.40. The minimum absolute atomic E-state index is 0.0231. The van der Waals surface area contributed by atoms with E-state index in [0.717, 1.165) is 11.1 Å². The Labute approximate surface area is 249 Å². The Morgan fingerprint density at radius 2 is 1.33 bits per heavy atom. The van der Waals surface area contributed by atoms with Crippen LogP contribution in [-0.4, -0.2) is 64.5 Å². The normalized spacial score (nSPS) is 10.5. The van der Waals surface area contributed by atoms with Crippen LogP contribution in [0.5, 0.6) is 28.7 Å². The van der Waals surface area contributed by atoms with Gasteiger partial charge >= 0.3 is 0 Å². The van der Waals surface area contributed by atoms with Gasteiger partial charge in [0.25, 0.3) is 0 Å². The lowest BCUT2D eigenvalue weighted by atomic mass is 10.1. The van der Waals surface area contributed by atoms with E-state index in [0.29, 0.717) is 63.7 Å². The highest BCUT2D eigenvalue weighted by atomic mass is 35.5. The molecule has 10 nitrogen and oxygen atoms in total. The lowest BCUT2D eigenvalue weighted by molar-refractivity contribution is -0.119. The highest BCUT2D eigenvalue weighted by Crippen LogP contribution is 2.41. The minimum Gasteiger partial charge on any atom is -0.493 e. The van der Waals surface area contributed by atoms with Gasteiger partial charge in [-0.2, -0.15) is 0 Å². The number of nitrogens with zero attached hydrogens (tertiary/aromatic N) is 2. The molecule has 1 amide bonds. The first-order valence-corrected chi connectivity index (χ1v) is 13.4. The Kier molecular flexibility index (Phi) is 10.3. The van der Waals surface area contributed by atoms with Gasteiger partial charge in [-0.3, -0.25) is 4.79 Å². The number of rotatable bonds is 13. The van der Waals surface area contributed by atoms with E-state index in [-0.39, 0.29) is 18.4 Å². The van der Waals surface area contributed by atoms with Gasteiger partial charge in [-0.15, -0.1) is 0 Å². The highest BCUT2D eigenvalue weighted by Gasteiger charge is 2.17. The topological polar surface area (TPSA) is 113 Å². The van der Waals surface area contributed by atoms with Gasteiger partial charge < -0.3 is 34.3 Å². The Bertz CT molecular complexity index is 1510. The number of hydrogen-bond donors (Lipinski definition) is 2. The summed E-state index contributed by atoms with van der Waals surface area (Å²) in [5.41, 5.74) is 3.78. The van der Waals surface area contributed by atoms with Crippen LogP contribution in [-0.2, 0) is 11.2 Å². The Hall–Kier alpha value is -4.70. The summed E-state index contributed by atoms with van der Waals surface area (Å²) in [6, 6.07) is 18.4. The van der Waals surface area contributed by atoms with Crippen molar-refractivity contribution in [3.63, 3.8) is 0 Å². The fourth-order valence-electron chi connectivity index (χ4n) is 4.28. The summed E-state index contributed by atoms with van der Waals surface area (Å²) >= 11 is 6.11. The molecule has 0 saturated heterocycles. The maximum Gasteiger partial charge on any atom is 0.239 e. The Morgan fingerprint density at radius 3 is 1.93 bits per heavy atom. The van der Waals surface area contributed by atoms with Crippen molar-refractivity contribution < 1.29 is 28.5 Å². The zero-order chi connectivity index (χ0) is 30.1. The van der Waals surface area contributed by atoms with Gasteiger partial charge in [0, 0.05) is 22.7 Å². The number of halogens is 1. The Balaban J connectivity index is 1.53. The molecule has 2 N–H and O–H groups in total. The smallest absolute Gasteiger partial charge is 0.239 e. The molecule has 42 heavy (non-hydrogen) atoms. The van der Waals surface area contributed by atoms with Crippen molar-refractivity contribution in [1.29, 1.82) is 0 Å². The van der Waals surface area contributed by atoms with E-state index in [1.807, 2.05) is 36.4 Å². The molecule has 0 unspecified atom stereocenters. The van der Waals surface area contributed by atoms with Gasteiger partial charge in [0.2, 0.25) is 17.6 Å². The van der Waals surface area contributed by atoms with E-state index in [1.165, 1.54) is 0 Å². The molecule has 0 spiro atoms. The average Bonchev–Trinajstić information content (AvgIpc) is 3.03. The lowest BCUT2D eigenvalue weighted by Gasteiger charge is -2.15. The monoisotopic (exact) mass is 592 g/mol. The van der Waals surface area contributed by atoms with Crippen molar-refractivity contribution in [2.45, 2.75) is 6.42 Å². The van der Waals surface area contributed by atoms with Gasteiger partial charge in [0.15, 0.2) is 23.0 Å². The molecule has 0 radical (unpaired) electrons. The van der Waals surface area contributed by atoms with Crippen LogP contribution in [0.3, 0.4) is 0 Å². The molecule has 0 bridgehead atoms. The summed E-state index contributed by atoms with van der Waals surface area (Å²) in [6.45, 7) is 0.420. The predicted molar refractivity (Wildman–Crippen MR) is 162 cm³/mol. The third-order valence-corrected chi connectivity index (χ3v) is 6.67. The second kappa shape index (κ2) is 14.3. The zero-order valence-corrected chi connectivity index (χ0v) is 24.9. The molecule has 1 heterocycles. The van der Waals surface area contributed by atoms with Crippen LogP contribution in [0.25, 0.3) is 22.5 Å². The van der Waals surface area contributed by atoms with Crippen LogP contribution in [0.15, 0.2) is 60.7 Å². The third kappa shape index (κ3) is 7.32. The summed E-state index contributed by atoms with van der Waals surface area (Å²) in [4.78, 5) is 22.0. The largest absolute Gasteiger partial charge is 0.493 e. The molecule has 1 aromatic heterocycles. The summed E-state index contributed by atoms with van der Waals surface area (Å²) in [5, 5.41) is 6.58. The van der Waals surface area contributed by atoms with Crippen molar-refractivity contribution in [3.05, 3.63) is 71.2 Å². The molecule has 0 atom stereocenters. The number of ether oxygens (including phenoxy) is 5. The van der Waals surface area contributed by atoms with Gasteiger partial charge in [-0.25, -0.2) is 9.97 Å². The van der Waals surface area contributed by atoms with Gasteiger partial charge in [0.1, 0.15) is 0 Å². The summed E-state index contributed by atoms with van der Waals surface area (Å²) < 4.78 is 27.2. The van der Waals surface area contributed by atoms with Crippen LogP contribution in [0.4, 0.5) is 5.95 Å². The summed E-state index contributed by atoms with van der Waals surface area (Å²) in [7, 11) is 7.83. The first-order valence-electron chi connectivity index (χ1n) is 13.1. The number of hydrogen-bond acceptors (Lipinski definition) is 9. The number of anilines is 1. The van der Waals surface area contributed by atoms with Crippen molar-refractivity contribution in [1.82, 2.24) is 15.3 Å². The first kappa shape index (κ1) is 30.3. The average molecular weight is 593 g/mol. The number of aromatic nitrogens is 2. The molecule has 3 aromatic carbocycles. The molecule has 0 saturated carbocycles. The standard InChI is InChI=1S/C31H33ClN4O6/c1-38-25-11-6-19(14-26(25)39-2)12-13-33-29(37)18-34-31-35-23(20-7-9-22(32)10-8-20)17-24(36-31)21-15-27(40-3)30(42-5)28(16-21)41-4/h6-11,14-17H,12-13,18H2,1-5H3,(H,33,37)(H,34,35,36). The Morgan fingerprint density at radius 1 is 0.714 bits per heavy atom. The minimum atomic E-state index is -0.203. The molecule has 0 aliphatic heterocycles. The number of nitrogens with one attached hydrogen (secondary N) is 2. The van der Waals surface area contributed by atoms with E-state index >= 15 is 0 Å². The van der Waals surface area contributed by atoms with E-state index in [1.54, 1.807) is 59.8 Å². The third-order valence-electron chi connectivity index (χ3n) is 6.42. The van der Waals surface area contributed by atoms with E-state index in [2.05, 4.69) is 20.6 Å². The molecule has 4 rings (SSSR count). The van der Waals surface area contributed by atoms with Crippen molar-refractivity contribution >= 4 is 23.5 Å². The second-order valence-corrected chi connectivity index (χ2v) is 9.46. The van der Waals surface area contributed by atoms with Crippen molar-refractivity contribution in [3.8, 4) is 51.3 Å². The highest BCUT2D eigenvalue weighted by molar-refractivity contribution is 6.30. The number of benzene rings is 3. The van der Waals surface area contributed by atoms with Gasteiger partial charge in [-0.1, -0.05) is 29.8 Å². The van der Waals surface area contributed by atoms with Gasteiger partial charge in [0.05, 0.1) is 53.5 Å². The van der Waals surface area contributed by atoms with Crippen LogP contribution in [0, 0.1) is 0 Å². The van der Waals surface area contributed by atoms with Crippen LogP contribution >= 0.6 is 11.6 Å². The first-order chi connectivity index (χ1) is 20.4. The molecule has 4 aromatic rings. The van der Waals surface area contributed by atoms with Gasteiger partial charge in [-0.05, 0) is 54.4 Å². The van der Waals surface area contributed by atoms with Crippen LogP contribution < -0.4 is 34.3 Å². The lowest BCUT2D eigenvalue weighted by Crippen LogP contribution is -2.31. The molecular formula is C31H33ClN4O6. The van der Waals surface area contributed by atoms with Crippen molar-refractivity contribution in [2.24, 2.45) is 0 Å². The summed E-state index contributed by atoms with van der Waals surface area (Å²) in [5.74, 6) is 2.82. The number of amides is 1.